The van der Waals surface area contributed by atoms with Crippen LogP contribution in [0.3, 0.4) is 0 Å². The van der Waals surface area contributed by atoms with Gasteiger partial charge in [0.2, 0.25) is 0 Å². The second kappa shape index (κ2) is 9.04. The Hall–Kier alpha value is -2.22. The third kappa shape index (κ3) is 5.48. The SMILES string of the molecule is CCNC(=NCc1ncnn1C)NCCS(=O)c1ccccc1. The molecule has 1 atom stereocenters. The Morgan fingerprint density at radius 2 is 2.09 bits per heavy atom. The number of benzene rings is 1. The molecule has 0 spiro atoms. The topological polar surface area (TPSA) is 84.2 Å². The quantitative estimate of drug-likeness (QED) is 0.574. The first kappa shape index (κ1) is 17.1. The minimum Gasteiger partial charge on any atom is -0.357 e. The van der Waals surface area contributed by atoms with Crippen LogP contribution in [0.5, 0.6) is 0 Å². The number of nitrogens with one attached hydrogen (secondary N) is 2. The maximum Gasteiger partial charge on any atom is 0.191 e. The van der Waals surface area contributed by atoms with Crippen LogP contribution in [0.4, 0.5) is 0 Å². The van der Waals surface area contributed by atoms with Crippen molar-refractivity contribution >= 4 is 16.8 Å². The lowest BCUT2D eigenvalue weighted by Crippen LogP contribution is -2.39. The predicted octanol–water partition coefficient (Wildman–Crippen LogP) is 0.678. The smallest absolute Gasteiger partial charge is 0.191 e. The number of hydrogen-bond donors (Lipinski definition) is 2. The van der Waals surface area contributed by atoms with E-state index >= 15 is 0 Å². The fourth-order valence-corrected chi connectivity index (χ4v) is 2.89. The minimum absolute atomic E-state index is 0.438. The number of aliphatic imine (C=N–C) groups is 1. The van der Waals surface area contributed by atoms with E-state index < -0.39 is 10.8 Å². The molecule has 0 saturated heterocycles. The molecule has 1 aromatic heterocycles. The van der Waals surface area contributed by atoms with Crippen LogP contribution in [-0.4, -0.2) is 43.8 Å². The molecule has 0 aliphatic carbocycles. The van der Waals surface area contributed by atoms with Crippen molar-refractivity contribution in [2.75, 3.05) is 18.8 Å². The molecule has 0 bridgehead atoms. The minimum atomic E-state index is -1.01. The van der Waals surface area contributed by atoms with Crippen molar-refractivity contribution in [2.45, 2.75) is 18.4 Å². The van der Waals surface area contributed by atoms with E-state index in [1.807, 2.05) is 44.3 Å². The average molecular weight is 334 g/mol. The number of aromatic nitrogens is 3. The highest BCUT2D eigenvalue weighted by Crippen LogP contribution is 2.04. The molecule has 8 heteroatoms. The van der Waals surface area contributed by atoms with E-state index in [0.717, 1.165) is 17.3 Å². The van der Waals surface area contributed by atoms with Gasteiger partial charge in [0.1, 0.15) is 18.7 Å². The summed E-state index contributed by atoms with van der Waals surface area (Å²) in [5.41, 5.74) is 0. The van der Waals surface area contributed by atoms with Crippen LogP contribution < -0.4 is 10.6 Å². The van der Waals surface area contributed by atoms with E-state index in [9.17, 15) is 4.21 Å². The van der Waals surface area contributed by atoms with Crippen LogP contribution in [0, 0.1) is 0 Å². The summed E-state index contributed by atoms with van der Waals surface area (Å²) in [5.74, 6) is 1.99. The molecule has 0 fully saturated rings. The van der Waals surface area contributed by atoms with E-state index in [2.05, 4.69) is 25.7 Å². The van der Waals surface area contributed by atoms with E-state index in [1.54, 1.807) is 4.68 Å². The van der Waals surface area contributed by atoms with Crippen LogP contribution in [-0.2, 0) is 24.4 Å². The van der Waals surface area contributed by atoms with Crippen molar-refractivity contribution in [3.63, 3.8) is 0 Å². The van der Waals surface area contributed by atoms with Gasteiger partial charge in [0.15, 0.2) is 5.96 Å². The zero-order chi connectivity index (χ0) is 16.5. The van der Waals surface area contributed by atoms with Crippen molar-refractivity contribution < 1.29 is 4.21 Å². The Morgan fingerprint density at radius 3 is 2.74 bits per heavy atom. The second-order valence-electron chi connectivity index (χ2n) is 4.78. The average Bonchev–Trinajstić information content (AvgIpc) is 2.98. The summed E-state index contributed by atoms with van der Waals surface area (Å²) in [6.07, 6.45) is 1.51. The van der Waals surface area contributed by atoms with Gasteiger partial charge in [-0.1, -0.05) is 18.2 Å². The molecule has 0 radical (unpaired) electrons. The van der Waals surface area contributed by atoms with Gasteiger partial charge in [-0.15, -0.1) is 0 Å². The molecule has 1 unspecified atom stereocenters. The first-order chi connectivity index (χ1) is 11.2. The number of aryl methyl sites for hydroxylation is 1. The molecule has 1 aromatic carbocycles. The molecule has 2 rings (SSSR count). The van der Waals surface area contributed by atoms with E-state index in [1.165, 1.54) is 6.33 Å². The Morgan fingerprint density at radius 1 is 1.30 bits per heavy atom. The van der Waals surface area contributed by atoms with Crippen molar-refractivity contribution in [3.8, 4) is 0 Å². The standard InChI is InChI=1S/C15H22N6OS/c1-3-16-15(18-11-14-19-12-20-21(14)2)17-9-10-23(22)13-7-5-4-6-8-13/h4-8,12H,3,9-11H2,1-2H3,(H2,16,17,18). The maximum atomic E-state index is 12.2. The van der Waals surface area contributed by atoms with Gasteiger partial charge < -0.3 is 10.6 Å². The summed E-state index contributed by atoms with van der Waals surface area (Å²) in [6, 6.07) is 9.47. The normalized spacial score (nSPS) is 12.9. The second-order valence-corrected chi connectivity index (χ2v) is 6.36. The lowest BCUT2D eigenvalue weighted by atomic mass is 10.4. The van der Waals surface area contributed by atoms with Gasteiger partial charge in [0.25, 0.3) is 0 Å². The third-order valence-corrected chi connectivity index (χ3v) is 4.49. The Bertz CT molecular complexity index is 655. The van der Waals surface area contributed by atoms with Crippen molar-refractivity contribution in [2.24, 2.45) is 12.0 Å². The van der Waals surface area contributed by atoms with Crippen molar-refractivity contribution in [3.05, 3.63) is 42.5 Å². The molecule has 23 heavy (non-hydrogen) atoms. The molecule has 7 nitrogen and oxygen atoms in total. The fraction of sp³-hybridized carbons (Fsp3) is 0.400. The Kier molecular flexibility index (Phi) is 6.74. The van der Waals surface area contributed by atoms with Crippen molar-refractivity contribution in [1.29, 1.82) is 0 Å². The molecular weight excluding hydrogens is 312 g/mol. The predicted molar refractivity (Wildman–Crippen MR) is 91.5 cm³/mol. The molecular formula is C15H22N6OS. The number of guanidine groups is 1. The van der Waals surface area contributed by atoms with Gasteiger partial charge in [-0.3, -0.25) is 8.89 Å². The largest absolute Gasteiger partial charge is 0.357 e. The highest BCUT2D eigenvalue weighted by Gasteiger charge is 2.04. The van der Waals surface area contributed by atoms with E-state index in [-0.39, 0.29) is 0 Å². The molecule has 2 N–H and O–H groups in total. The molecule has 1 heterocycles. The molecule has 0 aliphatic rings. The van der Waals surface area contributed by atoms with Crippen LogP contribution in [0.2, 0.25) is 0 Å². The first-order valence-electron chi connectivity index (χ1n) is 7.49. The van der Waals surface area contributed by atoms with Crippen molar-refractivity contribution in [1.82, 2.24) is 25.4 Å². The summed E-state index contributed by atoms with van der Waals surface area (Å²) in [5, 5.41) is 10.4. The van der Waals surface area contributed by atoms with Gasteiger partial charge in [0.05, 0.1) is 10.8 Å². The third-order valence-electron chi connectivity index (χ3n) is 3.11. The molecule has 0 amide bonds. The summed E-state index contributed by atoms with van der Waals surface area (Å²) < 4.78 is 13.9. The maximum absolute atomic E-state index is 12.2. The number of hydrogen-bond acceptors (Lipinski definition) is 4. The summed E-state index contributed by atoms with van der Waals surface area (Å²) in [6.45, 7) is 3.77. The number of nitrogens with zero attached hydrogens (tertiary/aromatic N) is 4. The van der Waals surface area contributed by atoms with Gasteiger partial charge in [0, 0.05) is 30.8 Å². The van der Waals surface area contributed by atoms with Crippen LogP contribution in [0.15, 0.2) is 46.5 Å². The van der Waals surface area contributed by atoms with Gasteiger partial charge >= 0.3 is 0 Å². The zero-order valence-electron chi connectivity index (χ0n) is 13.4. The monoisotopic (exact) mass is 334 g/mol. The van der Waals surface area contributed by atoms with Crippen LogP contribution >= 0.6 is 0 Å². The lowest BCUT2D eigenvalue weighted by molar-refractivity contribution is 0.680. The van der Waals surface area contributed by atoms with Gasteiger partial charge in [-0.2, -0.15) is 5.10 Å². The highest BCUT2D eigenvalue weighted by atomic mass is 32.2. The number of rotatable bonds is 7. The summed E-state index contributed by atoms with van der Waals surface area (Å²) >= 11 is 0. The molecule has 124 valence electrons. The molecule has 0 saturated carbocycles. The van der Waals surface area contributed by atoms with Crippen LogP contribution in [0.25, 0.3) is 0 Å². The van der Waals surface area contributed by atoms with Gasteiger partial charge in [-0.25, -0.2) is 9.98 Å². The summed E-state index contributed by atoms with van der Waals surface area (Å²) in [7, 11) is 0.822. The first-order valence-corrected chi connectivity index (χ1v) is 8.81. The Labute approximate surface area is 138 Å². The summed E-state index contributed by atoms with van der Waals surface area (Å²) in [4.78, 5) is 9.44. The molecule has 2 aromatic rings. The van der Waals surface area contributed by atoms with E-state index in [4.69, 9.17) is 0 Å². The van der Waals surface area contributed by atoms with Crippen LogP contribution in [0.1, 0.15) is 12.7 Å². The Balaban J connectivity index is 1.85. The fourth-order valence-electron chi connectivity index (χ4n) is 1.91. The highest BCUT2D eigenvalue weighted by molar-refractivity contribution is 7.85. The van der Waals surface area contributed by atoms with E-state index in [0.29, 0.717) is 24.8 Å². The molecule has 0 aliphatic heterocycles. The van der Waals surface area contributed by atoms with Gasteiger partial charge in [-0.05, 0) is 19.1 Å². The lowest BCUT2D eigenvalue weighted by Gasteiger charge is -2.11. The zero-order valence-corrected chi connectivity index (χ0v) is 14.2.